The van der Waals surface area contributed by atoms with Crippen molar-refractivity contribution in [2.45, 2.75) is 31.8 Å². The van der Waals surface area contributed by atoms with Crippen LogP contribution in [0.3, 0.4) is 0 Å². The van der Waals surface area contributed by atoms with Crippen LogP contribution < -0.4 is 15.1 Å². The molecule has 3 aromatic rings. The summed E-state index contributed by atoms with van der Waals surface area (Å²) in [4.78, 5) is 58.8. The fraction of sp³-hybridized carbons (Fsp3) is 0.314. The number of rotatable bonds is 9. The van der Waals surface area contributed by atoms with E-state index in [1.54, 1.807) is 42.5 Å². The quantitative estimate of drug-likeness (QED) is 0.281. The zero-order chi connectivity index (χ0) is 31.3. The fourth-order valence-electron chi connectivity index (χ4n) is 6.29. The van der Waals surface area contributed by atoms with Gasteiger partial charge in [-0.2, -0.15) is 0 Å². The number of ether oxygens (including phenoxy) is 1. The Morgan fingerprint density at radius 3 is 2.42 bits per heavy atom. The van der Waals surface area contributed by atoms with Crippen LogP contribution in [-0.2, 0) is 25.7 Å². The lowest BCUT2D eigenvalue weighted by Crippen LogP contribution is -2.54. The molecule has 10 heteroatoms. The van der Waals surface area contributed by atoms with Gasteiger partial charge in [0.05, 0.1) is 24.5 Å². The van der Waals surface area contributed by atoms with Gasteiger partial charge in [-0.3, -0.25) is 24.1 Å². The molecule has 2 heterocycles. The number of morpholine rings is 1. The van der Waals surface area contributed by atoms with E-state index < -0.39 is 41.9 Å². The van der Waals surface area contributed by atoms with Gasteiger partial charge in [-0.1, -0.05) is 42.5 Å². The van der Waals surface area contributed by atoms with Crippen LogP contribution in [-0.4, -0.2) is 67.3 Å². The van der Waals surface area contributed by atoms with Gasteiger partial charge in [0.1, 0.15) is 18.4 Å². The number of Topliss-reactive ketones (excluding diaryl/α,β-unsaturated/α-hetero) is 1. The number of fused-ring (bicyclic) bond motifs is 1. The molecule has 1 saturated heterocycles. The van der Waals surface area contributed by atoms with E-state index in [0.717, 1.165) is 30.1 Å². The molecular formula is C35H35FN4O5. The van der Waals surface area contributed by atoms with Crippen LogP contribution in [0.15, 0.2) is 84.9 Å². The number of carbonyl (C=O) groups is 4. The standard InChI is InChI=1S/C35H35FN4O5/c36-29-12-6-4-10-25(29)22-40(31(41)23-39-30-13-7-5-11-28(30)33(42)35(39)44)32(24-8-2-1-3-9-24)34(43)37-26-14-16-27(17-15-26)38-18-20-45-21-19-38/h1-2,4-7,10-17,24,32H,3,8-9,18-23H2,(H,37,43)/t24-,32-/m0/s1. The highest BCUT2D eigenvalue weighted by molar-refractivity contribution is 6.52. The van der Waals surface area contributed by atoms with E-state index in [9.17, 15) is 19.2 Å². The Morgan fingerprint density at radius 1 is 0.956 bits per heavy atom. The van der Waals surface area contributed by atoms with Crippen molar-refractivity contribution in [1.82, 2.24) is 4.90 Å². The SMILES string of the molecule is O=C1C(=O)N(CC(=O)N(Cc2ccccc2F)[C@H](C(=O)Nc2ccc(N3CCOCC3)cc2)[C@H]2CC=CCC2)c2ccccc21. The first-order chi connectivity index (χ1) is 21.9. The molecule has 232 valence electrons. The third kappa shape index (κ3) is 6.51. The van der Waals surface area contributed by atoms with Gasteiger partial charge in [0.15, 0.2) is 0 Å². The summed E-state index contributed by atoms with van der Waals surface area (Å²) in [5.41, 5.74) is 2.40. The summed E-state index contributed by atoms with van der Waals surface area (Å²) < 4.78 is 20.4. The molecule has 0 aromatic heterocycles. The van der Waals surface area contributed by atoms with E-state index in [4.69, 9.17) is 4.74 Å². The molecule has 45 heavy (non-hydrogen) atoms. The van der Waals surface area contributed by atoms with Crippen LogP contribution in [0.25, 0.3) is 0 Å². The molecule has 6 rings (SSSR count). The fourth-order valence-corrected chi connectivity index (χ4v) is 6.29. The first-order valence-corrected chi connectivity index (χ1v) is 15.3. The van der Waals surface area contributed by atoms with Crippen LogP contribution in [0.4, 0.5) is 21.5 Å². The second-order valence-corrected chi connectivity index (χ2v) is 11.5. The van der Waals surface area contributed by atoms with E-state index >= 15 is 4.39 Å². The highest BCUT2D eigenvalue weighted by Crippen LogP contribution is 2.31. The smallest absolute Gasteiger partial charge is 0.299 e. The molecule has 1 aliphatic carbocycles. The van der Waals surface area contributed by atoms with E-state index in [0.29, 0.717) is 37.4 Å². The van der Waals surface area contributed by atoms with Gasteiger partial charge in [-0.05, 0) is 67.6 Å². The predicted molar refractivity (Wildman–Crippen MR) is 168 cm³/mol. The number of nitrogens with one attached hydrogen (secondary N) is 1. The Labute approximate surface area is 261 Å². The normalized spacial score (nSPS) is 18.5. The number of ketones is 1. The van der Waals surface area contributed by atoms with E-state index in [1.807, 2.05) is 36.4 Å². The minimum Gasteiger partial charge on any atom is -0.378 e. The number of nitrogens with zero attached hydrogens (tertiary/aromatic N) is 3. The molecule has 2 atom stereocenters. The monoisotopic (exact) mass is 610 g/mol. The van der Waals surface area contributed by atoms with Crippen LogP contribution in [0.1, 0.15) is 35.2 Å². The van der Waals surface area contributed by atoms with Crippen molar-refractivity contribution in [3.63, 3.8) is 0 Å². The van der Waals surface area contributed by atoms with E-state index in [-0.39, 0.29) is 23.6 Å². The van der Waals surface area contributed by atoms with Crippen LogP contribution >= 0.6 is 0 Å². The van der Waals surface area contributed by atoms with Gasteiger partial charge >= 0.3 is 0 Å². The van der Waals surface area contributed by atoms with Crippen molar-refractivity contribution in [3.05, 3.63) is 102 Å². The molecule has 1 N–H and O–H groups in total. The average Bonchev–Trinajstić information content (AvgIpc) is 3.31. The third-order valence-electron chi connectivity index (χ3n) is 8.66. The molecule has 0 spiro atoms. The number of amides is 3. The number of hydrogen-bond acceptors (Lipinski definition) is 6. The lowest BCUT2D eigenvalue weighted by atomic mass is 9.85. The van der Waals surface area contributed by atoms with Gasteiger partial charge in [0.25, 0.3) is 11.7 Å². The molecule has 2 aliphatic heterocycles. The average molecular weight is 611 g/mol. The van der Waals surface area contributed by atoms with E-state index in [1.165, 1.54) is 11.0 Å². The maximum atomic E-state index is 15.0. The predicted octanol–water partition coefficient (Wildman–Crippen LogP) is 4.58. The summed E-state index contributed by atoms with van der Waals surface area (Å²) in [6.07, 6.45) is 5.98. The van der Waals surface area contributed by atoms with Crippen LogP contribution in [0.2, 0.25) is 0 Å². The topological polar surface area (TPSA) is 99.3 Å². The van der Waals surface area contributed by atoms with Crippen molar-refractivity contribution in [3.8, 4) is 0 Å². The zero-order valence-corrected chi connectivity index (χ0v) is 24.9. The van der Waals surface area contributed by atoms with Crippen molar-refractivity contribution in [2.75, 3.05) is 48.0 Å². The number of carbonyl (C=O) groups excluding carboxylic acids is 4. The molecule has 0 unspecified atom stereocenters. The molecular weight excluding hydrogens is 575 g/mol. The first-order valence-electron chi connectivity index (χ1n) is 15.3. The number of halogens is 1. The number of benzene rings is 3. The van der Waals surface area contributed by atoms with Crippen molar-refractivity contribution in [2.24, 2.45) is 5.92 Å². The molecule has 0 radical (unpaired) electrons. The summed E-state index contributed by atoms with van der Waals surface area (Å²) in [7, 11) is 0. The Hall–Kier alpha value is -4.83. The Morgan fingerprint density at radius 2 is 1.69 bits per heavy atom. The van der Waals surface area contributed by atoms with Gasteiger partial charge in [-0.15, -0.1) is 0 Å². The largest absolute Gasteiger partial charge is 0.378 e. The number of para-hydroxylation sites is 1. The summed E-state index contributed by atoms with van der Waals surface area (Å²) >= 11 is 0. The first kappa shape index (κ1) is 30.2. The Balaban J connectivity index is 1.31. The number of hydrogen-bond donors (Lipinski definition) is 1. The van der Waals surface area contributed by atoms with Gasteiger partial charge in [-0.25, -0.2) is 4.39 Å². The highest BCUT2D eigenvalue weighted by Gasteiger charge is 2.41. The minimum atomic E-state index is -0.968. The van der Waals surface area contributed by atoms with Gasteiger partial charge < -0.3 is 19.9 Å². The van der Waals surface area contributed by atoms with Gasteiger partial charge in [0, 0.05) is 36.6 Å². The van der Waals surface area contributed by atoms with Crippen molar-refractivity contribution < 1.29 is 28.3 Å². The molecule has 3 aliphatic rings. The Kier molecular flexibility index (Phi) is 9.02. The van der Waals surface area contributed by atoms with Gasteiger partial charge in [0.2, 0.25) is 11.8 Å². The molecule has 9 nitrogen and oxygen atoms in total. The van der Waals surface area contributed by atoms with Crippen LogP contribution in [0, 0.1) is 11.7 Å². The van der Waals surface area contributed by atoms with E-state index in [2.05, 4.69) is 10.2 Å². The molecule has 0 bridgehead atoms. The second kappa shape index (κ2) is 13.4. The highest BCUT2D eigenvalue weighted by atomic mass is 19.1. The number of allylic oxidation sites excluding steroid dienone is 2. The third-order valence-corrected chi connectivity index (χ3v) is 8.66. The maximum absolute atomic E-state index is 15.0. The lowest BCUT2D eigenvalue weighted by molar-refractivity contribution is -0.140. The van der Waals surface area contributed by atoms with Crippen molar-refractivity contribution in [1.29, 1.82) is 0 Å². The summed E-state index contributed by atoms with van der Waals surface area (Å²) in [5.74, 6) is -3.21. The molecule has 1 fully saturated rings. The zero-order valence-electron chi connectivity index (χ0n) is 24.9. The van der Waals surface area contributed by atoms with Crippen molar-refractivity contribution >= 4 is 40.6 Å². The van der Waals surface area contributed by atoms with Crippen LogP contribution in [0.5, 0.6) is 0 Å². The molecule has 3 amide bonds. The summed E-state index contributed by atoms with van der Waals surface area (Å²) in [6, 6.07) is 19.2. The summed E-state index contributed by atoms with van der Waals surface area (Å²) in [6.45, 7) is 2.24. The molecule has 3 aromatic carbocycles. The Bertz CT molecular complexity index is 1620. The minimum absolute atomic E-state index is 0.183. The lowest BCUT2D eigenvalue weighted by Gasteiger charge is -2.37. The second-order valence-electron chi connectivity index (χ2n) is 11.5. The molecule has 0 saturated carbocycles. The number of anilines is 3. The summed E-state index contributed by atoms with van der Waals surface area (Å²) in [5, 5.41) is 3.00. The maximum Gasteiger partial charge on any atom is 0.299 e.